The van der Waals surface area contributed by atoms with Crippen LogP contribution in [0.3, 0.4) is 0 Å². The number of benzene rings is 1. The summed E-state index contributed by atoms with van der Waals surface area (Å²) in [6.07, 6.45) is 4.82. The van der Waals surface area contributed by atoms with Crippen molar-refractivity contribution in [1.29, 1.82) is 0 Å². The van der Waals surface area contributed by atoms with Gasteiger partial charge in [-0.05, 0) is 23.3 Å². The number of hydrogen-bond acceptors (Lipinski definition) is 2. The Morgan fingerprint density at radius 2 is 2.06 bits per heavy atom. The minimum Gasteiger partial charge on any atom is -0.489 e. The van der Waals surface area contributed by atoms with Crippen molar-refractivity contribution in [3.8, 4) is 5.75 Å². The zero-order chi connectivity index (χ0) is 12.1. The second kappa shape index (κ2) is 5.64. The molecule has 1 aromatic rings. The Balaban J connectivity index is 1.87. The molecule has 2 N–H and O–H groups in total. The van der Waals surface area contributed by atoms with Gasteiger partial charge in [0.1, 0.15) is 18.5 Å². The molecule has 2 nitrogen and oxygen atoms in total. The molecule has 1 aliphatic carbocycles. The first-order chi connectivity index (χ1) is 8.28. The van der Waals surface area contributed by atoms with E-state index in [1.807, 2.05) is 30.3 Å². The van der Waals surface area contributed by atoms with Crippen LogP contribution in [0.15, 0.2) is 48.1 Å². The van der Waals surface area contributed by atoms with Crippen LogP contribution in [0.25, 0.3) is 0 Å². The van der Waals surface area contributed by atoms with E-state index in [1.54, 1.807) is 12.2 Å². The second-order valence-electron chi connectivity index (χ2n) is 4.03. The fourth-order valence-electron chi connectivity index (χ4n) is 1.63. The third kappa shape index (κ3) is 3.43. The van der Waals surface area contributed by atoms with E-state index >= 15 is 0 Å². The van der Waals surface area contributed by atoms with Crippen molar-refractivity contribution >= 4 is 0 Å². The molecule has 90 valence electrons. The molecule has 0 saturated heterocycles. The van der Waals surface area contributed by atoms with Gasteiger partial charge >= 0.3 is 0 Å². The zero-order valence-corrected chi connectivity index (χ0v) is 9.60. The quantitative estimate of drug-likeness (QED) is 0.867. The predicted molar refractivity (Wildman–Crippen MR) is 66.6 cm³/mol. The van der Waals surface area contributed by atoms with Crippen LogP contribution in [-0.2, 0) is 6.54 Å². The predicted octanol–water partition coefficient (Wildman–Crippen LogP) is 2.75. The Kier molecular flexibility index (Phi) is 3.94. The summed E-state index contributed by atoms with van der Waals surface area (Å²) in [6.45, 7) is 1.01. The van der Waals surface area contributed by atoms with E-state index in [9.17, 15) is 4.39 Å². The summed E-state index contributed by atoms with van der Waals surface area (Å²) < 4.78 is 18.4. The van der Waals surface area contributed by atoms with Crippen LogP contribution in [0.4, 0.5) is 4.39 Å². The number of ether oxygens (including phenoxy) is 1. The fraction of sp³-hybridized carbons (Fsp3) is 0.286. The van der Waals surface area contributed by atoms with Crippen molar-refractivity contribution in [3.05, 3.63) is 53.6 Å². The number of halogens is 1. The summed E-state index contributed by atoms with van der Waals surface area (Å²) in [5, 5.41) is 0. The highest BCUT2D eigenvalue weighted by atomic mass is 19.1. The molecule has 1 aromatic carbocycles. The van der Waals surface area contributed by atoms with E-state index < -0.39 is 6.17 Å². The Labute approximate surface area is 101 Å². The lowest BCUT2D eigenvalue weighted by Gasteiger charge is -2.11. The normalized spacial score (nSPS) is 18.9. The van der Waals surface area contributed by atoms with Crippen LogP contribution in [0.1, 0.15) is 12.0 Å². The van der Waals surface area contributed by atoms with Gasteiger partial charge < -0.3 is 10.5 Å². The summed E-state index contributed by atoms with van der Waals surface area (Å²) in [4.78, 5) is 0. The molecule has 3 heteroatoms. The summed E-state index contributed by atoms with van der Waals surface area (Å²) in [5.41, 5.74) is 7.60. The minimum atomic E-state index is -0.845. The van der Waals surface area contributed by atoms with Crippen molar-refractivity contribution < 1.29 is 9.13 Å². The van der Waals surface area contributed by atoms with Gasteiger partial charge in [0.2, 0.25) is 0 Å². The molecule has 0 amide bonds. The van der Waals surface area contributed by atoms with E-state index in [4.69, 9.17) is 10.5 Å². The molecule has 0 heterocycles. The first-order valence-corrected chi connectivity index (χ1v) is 5.71. The van der Waals surface area contributed by atoms with Gasteiger partial charge in [-0.3, -0.25) is 0 Å². The molecule has 0 fully saturated rings. The highest BCUT2D eigenvalue weighted by Gasteiger charge is 2.06. The lowest BCUT2D eigenvalue weighted by molar-refractivity contribution is 0.350. The third-order valence-corrected chi connectivity index (χ3v) is 2.69. The fourth-order valence-corrected chi connectivity index (χ4v) is 1.63. The topological polar surface area (TPSA) is 35.2 Å². The van der Waals surface area contributed by atoms with Crippen molar-refractivity contribution in [3.63, 3.8) is 0 Å². The SMILES string of the molecule is NCc1ccc(OCC2=CCC(F)C=C2)cc1. The largest absolute Gasteiger partial charge is 0.489 e. The van der Waals surface area contributed by atoms with Crippen LogP contribution in [-0.4, -0.2) is 12.8 Å². The minimum absolute atomic E-state index is 0.446. The van der Waals surface area contributed by atoms with E-state index in [1.165, 1.54) is 0 Å². The number of rotatable bonds is 4. The molecule has 0 aliphatic heterocycles. The number of alkyl halides is 1. The summed E-state index contributed by atoms with van der Waals surface area (Å²) >= 11 is 0. The van der Waals surface area contributed by atoms with E-state index in [2.05, 4.69) is 0 Å². The van der Waals surface area contributed by atoms with E-state index in [0.29, 0.717) is 19.6 Å². The molecular formula is C14H16FNO. The Morgan fingerprint density at radius 3 is 2.65 bits per heavy atom. The first-order valence-electron chi connectivity index (χ1n) is 5.71. The van der Waals surface area contributed by atoms with Gasteiger partial charge in [0, 0.05) is 13.0 Å². The first kappa shape index (κ1) is 11.9. The molecule has 0 saturated carbocycles. The molecule has 0 spiro atoms. The zero-order valence-electron chi connectivity index (χ0n) is 9.60. The Hall–Kier alpha value is -1.61. The second-order valence-corrected chi connectivity index (χ2v) is 4.03. The maximum absolute atomic E-state index is 12.8. The number of hydrogen-bond donors (Lipinski definition) is 1. The Morgan fingerprint density at radius 1 is 1.29 bits per heavy atom. The lowest BCUT2D eigenvalue weighted by atomic mass is 10.1. The van der Waals surface area contributed by atoms with E-state index in [-0.39, 0.29) is 0 Å². The van der Waals surface area contributed by atoms with Crippen LogP contribution >= 0.6 is 0 Å². The van der Waals surface area contributed by atoms with Gasteiger partial charge in [0.15, 0.2) is 0 Å². The van der Waals surface area contributed by atoms with Gasteiger partial charge in [-0.1, -0.05) is 30.4 Å². The Bertz CT molecular complexity index is 422. The summed E-state index contributed by atoms with van der Waals surface area (Å²) in [6, 6.07) is 7.68. The molecule has 1 aliphatic rings. The maximum atomic E-state index is 12.8. The number of allylic oxidation sites excluding steroid dienone is 2. The average molecular weight is 233 g/mol. The maximum Gasteiger partial charge on any atom is 0.122 e. The molecular weight excluding hydrogens is 217 g/mol. The number of nitrogens with two attached hydrogens (primary N) is 1. The van der Waals surface area contributed by atoms with Gasteiger partial charge in [-0.25, -0.2) is 4.39 Å². The molecule has 17 heavy (non-hydrogen) atoms. The summed E-state index contributed by atoms with van der Waals surface area (Å²) in [7, 11) is 0. The average Bonchev–Trinajstić information content (AvgIpc) is 2.39. The van der Waals surface area contributed by atoms with Crippen molar-refractivity contribution in [1.82, 2.24) is 0 Å². The van der Waals surface area contributed by atoms with Crippen molar-refractivity contribution in [2.45, 2.75) is 19.1 Å². The molecule has 1 atom stereocenters. The van der Waals surface area contributed by atoms with Gasteiger partial charge in [-0.15, -0.1) is 0 Å². The standard InChI is InChI=1S/C14H16FNO/c15-13-5-1-12(2-6-13)10-17-14-7-3-11(9-16)4-8-14/h1-5,7-8,13H,6,9-10,16H2. The molecule has 0 aromatic heterocycles. The highest BCUT2D eigenvalue weighted by Crippen LogP contribution is 2.16. The molecule has 0 bridgehead atoms. The van der Waals surface area contributed by atoms with Crippen LogP contribution < -0.4 is 10.5 Å². The van der Waals surface area contributed by atoms with Gasteiger partial charge in [0.25, 0.3) is 0 Å². The van der Waals surface area contributed by atoms with Crippen LogP contribution in [0.5, 0.6) is 5.75 Å². The van der Waals surface area contributed by atoms with Gasteiger partial charge in [-0.2, -0.15) is 0 Å². The monoisotopic (exact) mass is 233 g/mol. The summed E-state index contributed by atoms with van der Waals surface area (Å²) in [5.74, 6) is 0.805. The van der Waals surface area contributed by atoms with Crippen molar-refractivity contribution in [2.24, 2.45) is 5.73 Å². The van der Waals surface area contributed by atoms with Gasteiger partial charge in [0.05, 0.1) is 0 Å². The lowest BCUT2D eigenvalue weighted by Crippen LogP contribution is -2.05. The van der Waals surface area contributed by atoms with Crippen LogP contribution in [0, 0.1) is 0 Å². The van der Waals surface area contributed by atoms with Crippen LogP contribution in [0.2, 0.25) is 0 Å². The van der Waals surface area contributed by atoms with E-state index in [0.717, 1.165) is 16.9 Å². The van der Waals surface area contributed by atoms with Crippen molar-refractivity contribution in [2.75, 3.05) is 6.61 Å². The molecule has 1 unspecified atom stereocenters. The smallest absolute Gasteiger partial charge is 0.122 e. The molecule has 0 radical (unpaired) electrons. The highest BCUT2D eigenvalue weighted by molar-refractivity contribution is 5.29. The third-order valence-electron chi connectivity index (χ3n) is 2.69. The molecule has 2 rings (SSSR count).